The van der Waals surface area contributed by atoms with Gasteiger partial charge in [-0.2, -0.15) is 5.10 Å². The van der Waals surface area contributed by atoms with Crippen molar-refractivity contribution in [1.29, 1.82) is 0 Å². The van der Waals surface area contributed by atoms with E-state index in [1.807, 2.05) is 46.8 Å². The second-order valence-electron chi connectivity index (χ2n) is 8.19. The summed E-state index contributed by atoms with van der Waals surface area (Å²) >= 11 is 7.59. The van der Waals surface area contributed by atoms with Crippen molar-refractivity contribution in [2.45, 2.75) is 19.4 Å². The quantitative estimate of drug-likeness (QED) is 0.578. The molecule has 164 valence electrons. The number of aryl methyl sites for hydroxylation is 1. The molecule has 0 bridgehead atoms. The topological polar surface area (TPSA) is 75.5 Å². The molecule has 31 heavy (non-hydrogen) atoms. The number of hydrogen-bond acceptors (Lipinski definition) is 6. The first kappa shape index (κ1) is 20.9. The Morgan fingerprint density at radius 2 is 1.97 bits per heavy atom. The summed E-state index contributed by atoms with van der Waals surface area (Å²) in [6.45, 7) is 4.60. The van der Waals surface area contributed by atoms with Gasteiger partial charge in [0, 0.05) is 42.6 Å². The second-order valence-corrected chi connectivity index (χ2v) is 11.9. The molecular formula is C21H23ClN4O3S2. The van der Waals surface area contributed by atoms with Gasteiger partial charge in [-0.1, -0.05) is 17.7 Å². The minimum Gasteiger partial charge on any atom is -0.335 e. The zero-order valence-corrected chi connectivity index (χ0v) is 19.5. The molecule has 0 unspecified atom stereocenters. The number of aromatic nitrogens is 2. The van der Waals surface area contributed by atoms with Crippen LogP contribution in [0.1, 0.15) is 21.8 Å². The fourth-order valence-corrected chi connectivity index (χ4v) is 7.54. The predicted octanol–water partition coefficient (Wildman–Crippen LogP) is 2.99. The minimum absolute atomic E-state index is 0.0249. The molecule has 1 atom stereocenters. The van der Waals surface area contributed by atoms with Crippen LogP contribution in [-0.4, -0.2) is 77.6 Å². The number of rotatable bonds is 3. The summed E-state index contributed by atoms with van der Waals surface area (Å²) in [6.07, 6.45) is 0.700. The molecule has 0 N–H and O–H groups in total. The summed E-state index contributed by atoms with van der Waals surface area (Å²) in [5.41, 5.74) is 1.74. The summed E-state index contributed by atoms with van der Waals surface area (Å²) in [6, 6.07) is 9.54. The number of hydrogen-bond donors (Lipinski definition) is 0. The van der Waals surface area contributed by atoms with Gasteiger partial charge in [-0.15, -0.1) is 11.3 Å². The molecule has 10 heteroatoms. The van der Waals surface area contributed by atoms with E-state index in [4.69, 9.17) is 11.6 Å². The molecular weight excluding hydrogens is 456 g/mol. The number of thiophene rings is 1. The van der Waals surface area contributed by atoms with Gasteiger partial charge in [0.25, 0.3) is 5.91 Å². The number of nitrogens with zero attached hydrogens (tertiary/aromatic N) is 4. The first-order valence-corrected chi connectivity index (χ1v) is 13.3. The number of carbonyl (C=O) groups excluding carboxylic acids is 1. The third kappa shape index (κ3) is 4.00. The fraction of sp³-hybridized carbons (Fsp3) is 0.429. The Hall–Kier alpha value is -1.94. The standard InChI is InChI=1S/C21H23ClN4O3S2/c1-14-18-12-19(30-21(18)26(23-14)16-4-2-3-15(22)11-16)20(27)25-8-6-24(7-9-25)17-5-10-31(28,29)13-17/h2-4,11-12,17H,5-10,13H2,1H3/t17-/m1/s1. The van der Waals surface area contributed by atoms with Crippen LogP contribution in [0.15, 0.2) is 30.3 Å². The van der Waals surface area contributed by atoms with E-state index >= 15 is 0 Å². The van der Waals surface area contributed by atoms with E-state index in [1.165, 1.54) is 11.3 Å². The van der Waals surface area contributed by atoms with E-state index < -0.39 is 9.84 Å². The van der Waals surface area contributed by atoms with Crippen molar-refractivity contribution in [3.05, 3.63) is 45.9 Å². The van der Waals surface area contributed by atoms with E-state index in [-0.39, 0.29) is 23.5 Å². The van der Waals surface area contributed by atoms with E-state index in [0.29, 0.717) is 42.5 Å². The van der Waals surface area contributed by atoms with Crippen molar-refractivity contribution in [2.24, 2.45) is 0 Å². The van der Waals surface area contributed by atoms with Crippen molar-refractivity contribution in [1.82, 2.24) is 19.6 Å². The molecule has 1 amide bonds. The second kappa shape index (κ2) is 7.88. The summed E-state index contributed by atoms with van der Waals surface area (Å²) in [4.78, 5) is 18.9. The van der Waals surface area contributed by atoms with Gasteiger partial charge in [-0.05, 0) is 37.6 Å². The first-order valence-electron chi connectivity index (χ1n) is 10.3. The highest BCUT2D eigenvalue weighted by molar-refractivity contribution is 7.91. The van der Waals surface area contributed by atoms with E-state index in [2.05, 4.69) is 10.00 Å². The highest BCUT2D eigenvalue weighted by atomic mass is 35.5. The van der Waals surface area contributed by atoms with E-state index in [0.717, 1.165) is 21.6 Å². The first-order chi connectivity index (χ1) is 14.8. The number of piperazine rings is 1. The zero-order chi connectivity index (χ0) is 21.8. The molecule has 2 aliphatic heterocycles. The SMILES string of the molecule is Cc1nn(-c2cccc(Cl)c2)c2sc(C(=O)N3CCN([C@@H]4CCS(=O)(=O)C4)CC3)cc12. The maximum Gasteiger partial charge on any atom is 0.264 e. The lowest BCUT2D eigenvalue weighted by atomic mass is 10.2. The molecule has 2 aromatic heterocycles. The normalized spacial score (nSPS) is 21.7. The van der Waals surface area contributed by atoms with Gasteiger partial charge in [-0.3, -0.25) is 9.69 Å². The number of halogens is 1. The van der Waals surface area contributed by atoms with Gasteiger partial charge in [0.05, 0.1) is 27.8 Å². The summed E-state index contributed by atoms with van der Waals surface area (Å²) in [7, 11) is -2.90. The van der Waals surface area contributed by atoms with Crippen LogP contribution in [0.25, 0.3) is 15.9 Å². The molecule has 0 aliphatic carbocycles. The summed E-state index contributed by atoms with van der Waals surface area (Å²) in [5.74, 6) is 0.551. The van der Waals surface area contributed by atoms with Gasteiger partial charge in [0.2, 0.25) is 0 Å². The van der Waals surface area contributed by atoms with Crippen molar-refractivity contribution in [3.63, 3.8) is 0 Å². The Bertz CT molecular complexity index is 1260. The van der Waals surface area contributed by atoms with Crippen LogP contribution < -0.4 is 0 Å². The van der Waals surface area contributed by atoms with Crippen LogP contribution in [0, 0.1) is 6.92 Å². The van der Waals surface area contributed by atoms with Crippen molar-refractivity contribution in [2.75, 3.05) is 37.7 Å². The largest absolute Gasteiger partial charge is 0.335 e. The van der Waals surface area contributed by atoms with Gasteiger partial charge >= 0.3 is 0 Å². The monoisotopic (exact) mass is 478 g/mol. The van der Waals surface area contributed by atoms with Crippen LogP contribution in [-0.2, 0) is 9.84 Å². The van der Waals surface area contributed by atoms with Crippen LogP contribution in [0.4, 0.5) is 0 Å². The zero-order valence-electron chi connectivity index (χ0n) is 17.1. The highest BCUT2D eigenvalue weighted by Crippen LogP contribution is 2.32. The molecule has 1 aromatic carbocycles. The maximum absolute atomic E-state index is 13.2. The molecule has 7 nitrogen and oxygen atoms in total. The van der Waals surface area contributed by atoms with Crippen LogP contribution in [0.3, 0.4) is 0 Å². The van der Waals surface area contributed by atoms with E-state index in [9.17, 15) is 13.2 Å². The smallest absolute Gasteiger partial charge is 0.264 e. The van der Waals surface area contributed by atoms with Gasteiger partial charge in [0.15, 0.2) is 9.84 Å². The Labute approximate surface area is 190 Å². The predicted molar refractivity (Wildman–Crippen MR) is 123 cm³/mol. The Kier molecular flexibility index (Phi) is 5.32. The van der Waals surface area contributed by atoms with Crippen molar-refractivity contribution in [3.8, 4) is 5.69 Å². The number of benzene rings is 1. The Morgan fingerprint density at radius 1 is 1.19 bits per heavy atom. The average molecular weight is 479 g/mol. The van der Waals surface area contributed by atoms with Crippen molar-refractivity contribution < 1.29 is 13.2 Å². The molecule has 5 rings (SSSR count). The molecule has 2 fully saturated rings. The van der Waals surface area contributed by atoms with E-state index in [1.54, 1.807) is 0 Å². The minimum atomic E-state index is -2.90. The highest BCUT2D eigenvalue weighted by Gasteiger charge is 2.34. The lowest BCUT2D eigenvalue weighted by Crippen LogP contribution is -2.52. The van der Waals surface area contributed by atoms with Gasteiger partial charge in [-0.25, -0.2) is 13.1 Å². The van der Waals surface area contributed by atoms with Crippen LogP contribution in [0.5, 0.6) is 0 Å². The number of carbonyl (C=O) groups is 1. The number of fused-ring (bicyclic) bond motifs is 1. The fourth-order valence-electron chi connectivity index (χ4n) is 4.44. The molecule has 4 heterocycles. The van der Waals surface area contributed by atoms with Gasteiger partial charge in [0.1, 0.15) is 4.83 Å². The molecule has 0 spiro atoms. The summed E-state index contributed by atoms with van der Waals surface area (Å²) < 4.78 is 25.4. The Morgan fingerprint density at radius 3 is 2.65 bits per heavy atom. The number of amides is 1. The maximum atomic E-state index is 13.2. The molecule has 0 radical (unpaired) electrons. The van der Waals surface area contributed by atoms with Crippen LogP contribution in [0.2, 0.25) is 5.02 Å². The third-order valence-electron chi connectivity index (χ3n) is 6.13. The lowest BCUT2D eigenvalue weighted by Gasteiger charge is -2.37. The third-order valence-corrected chi connectivity index (χ3v) is 9.22. The molecule has 0 saturated carbocycles. The molecule has 2 saturated heterocycles. The van der Waals surface area contributed by atoms with Crippen LogP contribution >= 0.6 is 22.9 Å². The molecule has 2 aliphatic rings. The van der Waals surface area contributed by atoms with Gasteiger partial charge < -0.3 is 4.90 Å². The lowest BCUT2D eigenvalue weighted by molar-refractivity contribution is 0.0592. The molecule has 3 aromatic rings. The Balaban J connectivity index is 1.33. The average Bonchev–Trinajstić information content (AvgIpc) is 3.42. The van der Waals surface area contributed by atoms with Crippen molar-refractivity contribution >= 4 is 48.9 Å². The summed E-state index contributed by atoms with van der Waals surface area (Å²) in [5, 5.41) is 6.24. The number of sulfone groups is 1.